The van der Waals surface area contributed by atoms with Gasteiger partial charge in [0.2, 0.25) is 0 Å². The van der Waals surface area contributed by atoms with E-state index in [-0.39, 0.29) is 29.2 Å². The number of hydrogen-bond donors (Lipinski definition) is 1. The number of nitrogens with one attached hydrogen (secondary N) is 1. The van der Waals surface area contributed by atoms with Crippen molar-refractivity contribution in [2.45, 2.75) is 6.54 Å². The third-order valence-corrected chi connectivity index (χ3v) is 2.93. The van der Waals surface area contributed by atoms with E-state index in [9.17, 15) is 20.2 Å². The Labute approximate surface area is 124 Å². The van der Waals surface area contributed by atoms with Gasteiger partial charge in [-0.15, -0.1) is 0 Å². The van der Waals surface area contributed by atoms with Gasteiger partial charge >= 0.3 is 0 Å². The Hall–Kier alpha value is -3.47. The number of hydrogen-bond acceptors (Lipinski definition) is 6. The summed E-state index contributed by atoms with van der Waals surface area (Å²) >= 11 is 0. The first-order valence-electron chi connectivity index (χ1n) is 6.17. The monoisotopic (exact) mass is 298 g/mol. The van der Waals surface area contributed by atoms with E-state index in [4.69, 9.17) is 5.26 Å². The average molecular weight is 298 g/mol. The van der Waals surface area contributed by atoms with Crippen LogP contribution in [-0.4, -0.2) is 9.85 Å². The minimum atomic E-state index is -0.587. The first-order chi connectivity index (χ1) is 10.5. The van der Waals surface area contributed by atoms with E-state index in [0.717, 1.165) is 0 Å². The molecule has 8 nitrogen and oxygen atoms in total. The molecule has 0 saturated heterocycles. The number of nitrogens with zero attached hydrogens (tertiary/aromatic N) is 3. The molecule has 0 radical (unpaired) electrons. The van der Waals surface area contributed by atoms with Gasteiger partial charge in [-0.05, 0) is 17.7 Å². The number of rotatable bonds is 5. The molecule has 8 heteroatoms. The molecule has 0 heterocycles. The van der Waals surface area contributed by atoms with Crippen molar-refractivity contribution >= 4 is 17.1 Å². The van der Waals surface area contributed by atoms with Crippen molar-refractivity contribution in [3.05, 3.63) is 73.8 Å². The molecule has 2 aromatic rings. The summed E-state index contributed by atoms with van der Waals surface area (Å²) < 4.78 is 0. The summed E-state index contributed by atoms with van der Waals surface area (Å²) in [6, 6.07) is 11.9. The third-order valence-electron chi connectivity index (χ3n) is 2.93. The molecule has 1 N–H and O–H groups in total. The van der Waals surface area contributed by atoms with Crippen LogP contribution in [0.2, 0.25) is 0 Å². The van der Waals surface area contributed by atoms with E-state index in [1.165, 1.54) is 30.3 Å². The molecule has 110 valence electrons. The normalized spacial score (nSPS) is 9.77. The molecule has 2 rings (SSSR count). The van der Waals surface area contributed by atoms with Gasteiger partial charge in [-0.25, -0.2) is 0 Å². The van der Waals surface area contributed by atoms with Crippen LogP contribution in [-0.2, 0) is 6.54 Å². The van der Waals surface area contributed by atoms with Crippen LogP contribution < -0.4 is 5.32 Å². The minimum Gasteiger partial charge on any atom is -0.375 e. The highest BCUT2D eigenvalue weighted by Gasteiger charge is 2.14. The zero-order chi connectivity index (χ0) is 16.1. The molecule has 0 amide bonds. The number of nitro benzene ring substituents is 2. The fraction of sp³-hybridized carbons (Fsp3) is 0.0714. The Balaban J connectivity index is 2.21. The maximum atomic E-state index is 11.0. The molecule has 0 saturated carbocycles. The summed E-state index contributed by atoms with van der Waals surface area (Å²) in [7, 11) is 0. The number of non-ortho nitro benzene ring substituents is 1. The van der Waals surface area contributed by atoms with Crippen LogP contribution in [0.3, 0.4) is 0 Å². The molecule has 0 unspecified atom stereocenters. The van der Waals surface area contributed by atoms with Crippen molar-refractivity contribution in [3.8, 4) is 6.07 Å². The lowest BCUT2D eigenvalue weighted by Gasteiger charge is -2.07. The Morgan fingerprint density at radius 2 is 1.86 bits per heavy atom. The van der Waals surface area contributed by atoms with Gasteiger partial charge in [0.05, 0.1) is 21.5 Å². The average Bonchev–Trinajstić information content (AvgIpc) is 2.52. The summed E-state index contributed by atoms with van der Waals surface area (Å²) in [5.74, 6) is 0. The molecule has 0 fully saturated rings. The smallest absolute Gasteiger partial charge is 0.293 e. The van der Waals surface area contributed by atoms with Crippen molar-refractivity contribution in [3.63, 3.8) is 0 Å². The fourth-order valence-electron chi connectivity index (χ4n) is 1.88. The molecule has 0 aromatic heterocycles. The van der Waals surface area contributed by atoms with Crippen LogP contribution in [0, 0.1) is 31.6 Å². The molecule has 0 aliphatic rings. The van der Waals surface area contributed by atoms with Gasteiger partial charge in [0.15, 0.2) is 0 Å². The van der Waals surface area contributed by atoms with Gasteiger partial charge in [0.1, 0.15) is 5.69 Å². The molecule has 0 atom stereocenters. The maximum absolute atomic E-state index is 11.0. The summed E-state index contributed by atoms with van der Waals surface area (Å²) in [5, 5.41) is 33.3. The van der Waals surface area contributed by atoms with E-state index >= 15 is 0 Å². The van der Waals surface area contributed by atoms with E-state index in [2.05, 4.69) is 5.32 Å². The Bertz CT molecular complexity index is 783. The van der Waals surface area contributed by atoms with Crippen molar-refractivity contribution in [2.75, 3.05) is 5.32 Å². The van der Waals surface area contributed by atoms with Gasteiger partial charge in [-0.2, -0.15) is 5.26 Å². The predicted molar refractivity (Wildman–Crippen MR) is 78.2 cm³/mol. The Kier molecular flexibility index (Phi) is 4.29. The highest BCUT2D eigenvalue weighted by molar-refractivity contribution is 5.64. The summed E-state index contributed by atoms with van der Waals surface area (Å²) in [4.78, 5) is 20.6. The van der Waals surface area contributed by atoms with Crippen molar-refractivity contribution in [1.29, 1.82) is 5.26 Å². The lowest BCUT2D eigenvalue weighted by Crippen LogP contribution is -2.03. The van der Waals surface area contributed by atoms with Crippen LogP contribution in [0.15, 0.2) is 42.5 Å². The van der Waals surface area contributed by atoms with E-state index in [1.807, 2.05) is 6.07 Å². The Morgan fingerprint density at radius 1 is 1.09 bits per heavy atom. The van der Waals surface area contributed by atoms with Gasteiger partial charge in [-0.1, -0.05) is 12.1 Å². The molecular formula is C14H10N4O4. The van der Waals surface area contributed by atoms with E-state index < -0.39 is 9.85 Å². The predicted octanol–water partition coefficient (Wildman–Crippen LogP) is 2.99. The van der Waals surface area contributed by atoms with Gasteiger partial charge in [0.25, 0.3) is 11.4 Å². The molecule has 22 heavy (non-hydrogen) atoms. The number of anilines is 1. The Morgan fingerprint density at radius 3 is 2.50 bits per heavy atom. The van der Waals surface area contributed by atoms with Crippen LogP contribution in [0.4, 0.5) is 17.1 Å². The molecular weight excluding hydrogens is 288 g/mol. The SMILES string of the molecule is N#Cc1ccc(NCc2cccc([N+](=O)[O-])c2)c([N+](=O)[O-])c1. The van der Waals surface area contributed by atoms with Gasteiger partial charge in [0, 0.05) is 24.7 Å². The van der Waals surface area contributed by atoms with E-state index in [0.29, 0.717) is 5.56 Å². The zero-order valence-corrected chi connectivity index (χ0v) is 11.2. The second kappa shape index (κ2) is 6.32. The summed E-state index contributed by atoms with van der Waals surface area (Å²) in [5.41, 5.74) is 0.786. The highest BCUT2D eigenvalue weighted by atomic mass is 16.6. The van der Waals surface area contributed by atoms with Crippen LogP contribution in [0.25, 0.3) is 0 Å². The van der Waals surface area contributed by atoms with Crippen LogP contribution in [0.1, 0.15) is 11.1 Å². The molecule has 0 bridgehead atoms. The van der Waals surface area contributed by atoms with Crippen LogP contribution >= 0.6 is 0 Å². The van der Waals surface area contributed by atoms with Crippen molar-refractivity contribution in [2.24, 2.45) is 0 Å². The summed E-state index contributed by atoms with van der Waals surface area (Å²) in [6.45, 7) is 0.189. The quantitative estimate of drug-likeness (QED) is 0.668. The van der Waals surface area contributed by atoms with Crippen molar-refractivity contribution < 1.29 is 9.85 Å². The summed E-state index contributed by atoms with van der Waals surface area (Å²) in [6.07, 6.45) is 0. The first-order valence-corrected chi connectivity index (χ1v) is 6.17. The topological polar surface area (TPSA) is 122 Å². The second-order valence-corrected chi connectivity index (χ2v) is 4.38. The number of benzene rings is 2. The van der Waals surface area contributed by atoms with Gasteiger partial charge < -0.3 is 5.32 Å². The third kappa shape index (κ3) is 3.34. The van der Waals surface area contributed by atoms with E-state index in [1.54, 1.807) is 12.1 Å². The van der Waals surface area contributed by atoms with Gasteiger partial charge in [-0.3, -0.25) is 20.2 Å². The minimum absolute atomic E-state index is 0.0476. The molecule has 2 aromatic carbocycles. The number of nitriles is 1. The van der Waals surface area contributed by atoms with Crippen molar-refractivity contribution in [1.82, 2.24) is 0 Å². The lowest BCUT2D eigenvalue weighted by molar-refractivity contribution is -0.384. The molecule has 0 aliphatic carbocycles. The molecule has 0 spiro atoms. The standard InChI is InChI=1S/C14H10N4O4/c15-8-10-4-5-13(14(7-10)18(21)22)16-9-11-2-1-3-12(6-11)17(19)20/h1-7,16H,9H2. The largest absolute Gasteiger partial charge is 0.375 e. The first kappa shape index (κ1) is 14.9. The second-order valence-electron chi connectivity index (χ2n) is 4.38. The zero-order valence-electron chi connectivity index (χ0n) is 11.2. The maximum Gasteiger partial charge on any atom is 0.293 e. The fourth-order valence-corrected chi connectivity index (χ4v) is 1.88. The van der Waals surface area contributed by atoms with Crippen LogP contribution in [0.5, 0.6) is 0 Å². The lowest BCUT2D eigenvalue weighted by atomic mass is 10.1. The number of nitro groups is 2. The highest BCUT2D eigenvalue weighted by Crippen LogP contribution is 2.26. The molecule has 0 aliphatic heterocycles.